The van der Waals surface area contributed by atoms with E-state index in [4.69, 9.17) is 0 Å². The first-order valence-electron chi connectivity index (χ1n) is 6.32. The normalized spacial score (nSPS) is 34.2. The molecule has 3 unspecified atom stereocenters. The summed E-state index contributed by atoms with van der Waals surface area (Å²) >= 11 is 0. The van der Waals surface area contributed by atoms with E-state index in [2.05, 4.69) is 35.2 Å². The van der Waals surface area contributed by atoms with Gasteiger partial charge in [0.25, 0.3) is 0 Å². The van der Waals surface area contributed by atoms with Crippen LogP contribution in [-0.4, -0.2) is 28.2 Å². The Morgan fingerprint density at radius 1 is 1.19 bits per heavy atom. The average Bonchev–Trinajstić information content (AvgIpc) is 2.49. The first kappa shape index (κ1) is 10.3. The maximum Gasteiger partial charge on any atom is 0.0710 e. The van der Waals surface area contributed by atoms with E-state index < -0.39 is 0 Å². The predicted molar refractivity (Wildman–Crippen MR) is 64.0 cm³/mol. The lowest BCUT2D eigenvalue weighted by Gasteiger charge is -2.34. The van der Waals surface area contributed by atoms with Gasteiger partial charge in [-0.3, -0.25) is 4.90 Å². The van der Waals surface area contributed by atoms with E-state index in [9.17, 15) is 5.11 Å². The fraction of sp³-hybridized carbons (Fsp3) is 0.571. The van der Waals surface area contributed by atoms with Crippen LogP contribution in [0.4, 0.5) is 0 Å². The molecule has 1 N–H and O–H groups in total. The molecular formula is C14H19NO. The van der Waals surface area contributed by atoms with E-state index in [1.54, 1.807) is 0 Å². The number of hydrogen-bond acceptors (Lipinski definition) is 2. The van der Waals surface area contributed by atoms with Gasteiger partial charge in [0.05, 0.1) is 6.10 Å². The molecule has 1 aromatic carbocycles. The Hall–Kier alpha value is -0.860. The van der Waals surface area contributed by atoms with Gasteiger partial charge in [-0.25, -0.2) is 0 Å². The summed E-state index contributed by atoms with van der Waals surface area (Å²) in [5.74, 6) is 0. The van der Waals surface area contributed by atoms with Crippen molar-refractivity contribution >= 4 is 0 Å². The summed E-state index contributed by atoms with van der Waals surface area (Å²) in [7, 11) is 0. The van der Waals surface area contributed by atoms with E-state index in [-0.39, 0.29) is 6.10 Å². The zero-order valence-electron chi connectivity index (χ0n) is 9.55. The molecule has 16 heavy (non-hydrogen) atoms. The minimum Gasteiger partial charge on any atom is -0.391 e. The van der Waals surface area contributed by atoms with Gasteiger partial charge in [-0.2, -0.15) is 0 Å². The molecule has 0 spiro atoms. The number of nitrogens with zero attached hydrogens (tertiary/aromatic N) is 1. The highest BCUT2D eigenvalue weighted by Gasteiger charge is 2.42. The van der Waals surface area contributed by atoms with Gasteiger partial charge in [0.15, 0.2) is 0 Å². The summed E-state index contributed by atoms with van der Waals surface area (Å²) in [5.41, 5.74) is 1.37. The quantitative estimate of drug-likeness (QED) is 0.820. The molecule has 2 heteroatoms. The zero-order valence-corrected chi connectivity index (χ0v) is 9.55. The maximum atomic E-state index is 10.0. The number of benzene rings is 1. The molecule has 0 saturated carbocycles. The Balaban J connectivity index is 1.76. The molecule has 2 aliphatic rings. The van der Waals surface area contributed by atoms with Gasteiger partial charge < -0.3 is 5.11 Å². The molecule has 0 radical (unpaired) electrons. The largest absolute Gasteiger partial charge is 0.391 e. The molecule has 3 rings (SSSR count). The van der Waals surface area contributed by atoms with Crippen LogP contribution in [-0.2, 0) is 6.54 Å². The van der Waals surface area contributed by atoms with Crippen LogP contribution in [0.1, 0.15) is 31.2 Å². The summed E-state index contributed by atoms with van der Waals surface area (Å²) in [4.78, 5) is 2.52. The third-order valence-electron chi connectivity index (χ3n) is 4.10. The second kappa shape index (κ2) is 4.19. The summed E-state index contributed by atoms with van der Waals surface area (Å²) in [6, 6.07) is 11.6. The predicted octanol–water partition coefficient (Wildman–Crippen LogP) is 2.17. The van der Waals surface area contributed by atoms with Crippen molar-refractivity contribution in [1.29, 1.82) is 0 Å². The molecule has 0 aromatic heterocycles. The van der Waals surface area contributed by atoms with Crippen LogP contribution in [0, 0.1) is 0 Å². The van der Waals surface area contributed by atoms with Crippen molar-refractivity contribution in [3.8, 4) is 0 Å². The average molecular weight is 217 g/mol. The van der Waals surface area contributed by atoms with Gasteiger partial charge in [-0.15, -0.1) is 0 Å². The molecule has 0 amide bonds. The van der Waals surface area contributed by atoms with Gasteiger partial charge in [0.1, 0.15) is 0 Å². The van der Waals surface area contributed by atoms with Gasteiger partial charge in [-0.05, 0) is 24.8 Å². The number of piperidine rings is 1. The monoisotopic (exact) mass is 217 g/mol. The Morgan fingerprint density at radius 2 is 2.00 bits per heavy atom. The van der Waals surface area contributed by atoms with Crippen LogP contribution in [0.25, 0.3) is 0 Å². The standard InChI is InChI=1S/C14H19NO/c16-14-9-12-7-4-8-13(14)15(12)10-11-5-2-1-3-6-11/h1-3,5-6,12-14,16H,4,7-10H2. The second-order valence-corrected chi connectivity index (χ2v) is 5.11. The third-order valence-corrected chi connectivity index (χ3v) is 4.10. The summed E-state index contributed by atoms with van der Waals surface area (Å²) < 4.78 is 0. The lowest BCUT2D eigenvalue weighted by atomic mass is 10.0. The van der Waals surface area contributed by atoms with Gasteiger partial charge in [0.2, 0.25) is 0 Å². The fourth-order valence-corrected chi connectivity index (χ4v) is 3.31. The SMILES string of the molecule is OC1CC2CCCC1N2Cc1ccccc1. The first-order chi connectivity index (χ1) is 7.84. The van der Waals surface area contributed by atoms with Crippen LogP contribution < -0.4 is 0 Å². The number of rotatable bonds is 2. The first-order valence-corrected chi connectivity index (χ1v) is 6.32. The van der Waals surface area contributed by atoms with Crippen molar-refractivity contribution in [1.82, 2.24) is 4.90 Å². The molecule has 1 aromatic rings. The number of fused-ring (bicyclic) bond motifs is 2. The lowest BCUT2D eigenvalue weighted by molar-refractivity contribution is 0.0783. The van der Waals surface area contributed by atoms with E-state index in [1.807, 2.05) is 0 Å². The number of aliphatic hydroxyl groups is 1. The Labute approximate surface area is 96.9 Å². The van der Waals surface area contributed by atoms with Crippen LogP contribution >= 0.6 is 0 Å². The number of hydrogen-bond donors (Lipinski definition) is 1. The lowest BCUT2D eigenvalue weighted by Crippen LogP contribution is -2.41. The summed E-state index contributed by atoms with van der Waals surface area (Å²) in [6.07, 6.45) is 4.62. The topological polar surface area (TPSA) is 23.5 Å². The van der Waals surface area contributed by atoms with Crippen molar-refractivity contribution in [2.45, 2.75) is 50.4 Å². The van der Waals surface area contributed by atoms with E-state index >= 15 is 0 Å². The van der Waals surface area contributed by atoms with Crippen LogP contribution in [0.3, 0.4) is 0 Å². The van der Waals surface area contributed by atoms with E-state index in [0.29, 0.717) is 12.1 Å². The Bertz CT molecular complexity index is 351. The molecule has 2 aliphatic heterocycles. The molecule has 2 bridgehead atoms. The fourth-order valence-electron chi connectivity index (χ4n) is 3.31. The molecule has 2 fully saturated rings. The molecule has 86 valence electrons. The highest BCUT2D eigenvalue weighted by Crippen LogP contribution is 2.36. The zero-order chi connectivity index (χ0) is 11.0. The molecule has 2 saturated heterocycles. The molecular weight excluding hydrogens is 198 g/mol. The Kier molecular flexibility index (Phi) is 2.70. The number of aliphatic hydroxyl groups excluding tert-OH is 1. The minimum absolute atomic E-state index is 0.0868. The smallest absolute Gasteiger partial charge is 0.0710 e. The second-order valence-electron chi connectivity index (χ2n) is 5.11. The van der Waals surface area contributed by atoms with Crippen LogP contribution in [0.2, 0.25) is 0 Å². The van der Waals surface area contributed by atoms with Crippen molar-refractivity contribution in [3.05, 3.63) is 35.9 Å². The maximum absolute atomic E-state index is 10.0. The van der Waals surface area contributed by atoms with Crippen LogP contribution in [0.15, 0.2) is 30.3 Å². The van der Waals surface area contributed by atoms with Crippen molar-refractivity contribution < 1.29 is 5.11 Å². The van der Waals surface area contributed by atoms with Gasteiger partial charge in [-0.1, -0.05) is 36.8 Å². The minimum atomic E-state index is -0.0868. The molecule has 2 nitrogen and oxygen atoms in total. The van der Waals surface area contributed by atoms with Gasteiger partial charge in [0, 0.05) is 18.6 Å². The van der Waals surface area contributed by atoms with E-state index in [0.717, 1.165) is 13.0 Å². The summed E-state index contributed by atoms with van der Waals surface area (Å²) in [5, 5.41) is 10.0. The molecule has 0 aliphatic carbocycles. The van der Waals surface area contributed by atoms with E-state index in [1.165, 1.54) is 24.8 Å². The summed E-state index contributed by atoms with van der Waals surface area (Å²) in [6.45, 7) is 1.01. The van der Waals surface area contributed by atoms with Gasteiger partial charge >= 0.3 is 0 Å². The Morgan fingerprint density at radius 3 is 2.75 bits per heavy atom. The van der Waals surface area contributed by atoms with Crippen LogP contribution in [0.5, 0.6) is 0 Å². The highest BCUT2D eigenvalue weighted by atomic mass is 16.3. The van der Waals surface area contributed by atoms with Crippen molar-refractivity contribution in [2.75, 3.05) is 0 Å². The van der Waals surface area contributed by atoms with Crippen molar-refractivity contribution in [2.24, 2.45) is 0 Å². The van der Waals surface area contributed by atoms with Crippen molar-refractivity contribution in [3.63, 3.8) is 0 Å². The highest BCUT2D eigenvalue weighted by molar-refractivity contribution is 5.15. The molecule has 2 heterocycles. The molecule has 3 atom stereocenters. The third kappa shape index (κ3) is 1.76.